The van der Waals surface area contributed by atoms with Crippen molar-refractivity contribution in [3.8, 4) is 17.2 Å². The standard InChI is InChI=1S/C27H24O7/c1-31-21-10-8-20(9-11-21)27(30)24(14-17-6-4-5-7-18(17)16-28)25(26(29)34-27)19-12-22(32-2)15-23(13-19)33-3/h4-13,15-16,30H,14H2,1-3H3. The van der Waals surface area contributed by atoms with Crippen LogP contribution in [0, 0.1) is 0 Å². The van der Waals surface area contributed by atoms with Crippen LogP contribution in [0.25, 0.3) is 5.57 Å². The summed E-state index contributed by atoms with van der Waals surface area (Å²) in [6, 6.07) is 18.6. The molecule has 1 atom stereocenters. The number of hydrogen-bond donors (Lipinski definition) is 1. The largest absolute Gasteiger partial charge is 0.497 e. The lowest BCUT2D eigenvalue weighted by atomic mass is 9.87. The summed E-state index contributed by atoms with van der Waals surface area (Å²) in [5, 5.41) is 11.8. The summed E-state index contributed by atoms with van der Waals surface area (Å²) in [6.07, 6.45) is 0.840. The van der Waals surface area contributed by atoms with Crippen molar-refractivity contribution in [2.75, 3.05) is 21.3 Å². The third kappa shape index (κ3) is 4.13. The lowest BCUT2D eigenvalue weighted by Gasteiger charge is -2.26. The van der Waals surface area contributed by atoms with Crippen LogP contribution < -0.4 is 14.2 Å². The molecule has 7 nitrogen and oxygen atoms in total. The molecule has 0 fully saturated rings. The number of hydrogen-bond acceptors (Lipinski definition) is 7. The molecule has 0 aliphatic carbocycles. The third-order valence-corrected chi connectivity index (χ3v) is 5.83. The van der Waals surface area contributed by atoms with Gasteiger partial charge >= 0.3 is 5.97 Å². The molecular weight excluding hydrogens is 436 g/mol. The van der Waals surface area contributed by atoms with E-state index in [0.717, 1.165) is 6.29 Å². The van der Waals surface area contributed by atoms with Gasteiger partial charge in [0.15, 0.2) is 0 Å². The topological polar surface area (TPSA) is 91.3 Å². The maximum Gasteiger partial charge on any atom is 0.342 e. The summed E-state index contributed by atoms with van der Waals surface area (Å²) in [7, 11) is 4.55. The van der Waals surface area contributed by atoms with Gasteiger partial charge in [-0.25, -0.2) is 4.79 Å². The molecule has 0 spiro atoms. The van der Waals surface area contributed by atoms with Crippen LogP contribution in [0.1, 0.15) is 27.0 Å². The SMILES string of the molecule is COc1ccc(C2(O)OC(=O)C(c3cc(OC)cc(OC)c3)=C2Cc2ccccc2C=O)cc1. The predicted octanol–water partition coefficient (Wildman–Crippen LogP) is 3.92. The molecule has 0 bridgehead atoms. The first-order valence-electron chi connectivity index (χ1n) is 10.5. The summed E-state index contributed by atoms with van der Waals surface area (Å²) in [5.41, 5.74) is 2.39. The fourth-order valence-electron chi connectivity index (χ4n) is 4.04. The molecule has 0 radical (unpaired) electrons. The van der Waals surface area contributed by atoms with Crippen LogP contribution in [0.3, 0.4) is 0 Å². The minimum atomic E-state index is -2.05. The van der Waals surface area contributed by atoms with E-state index in [9.17, 15) is 14.7 Å². The van der Waals surface area contributed by atoms with Gasteiger partial charge in [0.25, 0.3) is 5.79 Å². The first-order chi connectivity index (χ1) is 16.4. The Morgan fingerprint density at radius 1 is 0.882 bits per heavy atom. The van der Waals surface area contributed by atoms with Crippen molar-refractivity contribution >= 4 is 17.8 Å². The maximum absolute atomic E-state index is 13.2. The van der Waals surface area contributed by atoms with Crippen molar-refractivity contribution in [1.82, 2.24) is 0 Å². The zero-order chi connectivity index (χ0) is 24.3. The van der Waals surface area contributed by atoms with Crippen LogP contribution >= 0.6 is 0 Å². The minimum Gasteiger partial charge on any atom is -0.497 e. The second-order valence-corrected chi connectivity index (χ2v) is 7.71. The van der Waals surface area contributed by atoms with Gasteiger partial charge in [0.05, 0.1) is 26.9 Å². The zero-order valence-corrected chi connectivity index (χ0v) is 19.0. The van der Waals surface area contributed by atoms with Gasteiger partial charge in [0, 0.05) is 29.2 Å². The van der Waals surface area contributed by atoms with E-state index in [4.69, 9.17) is 18.9 Å². The normalized spacial score (nSPS) is 17.4. The monoisotopic (exact) mass is 460 g/mol. The number of cyclic esters (lactones) is 1. The smallest absolute Gasteiger partial charge is 0.342 e. The quantitative estimate of drug-likeness (QED) is 0.402. The highest BCUT2D eigenvalue weighted by atomic mass is 16.7. The van der Waals surface area contributed by atoms with E-state index in [1.165, 1.54) is 21.3 Å². The Morgan fingerprint density at radius 2 is 1.50 bits per heavy atom. The second kappa shape index (κ2) is 9.41. The molecule has 1 heterocycles. The number of esters is 1. The van der Waals surface area contributed by atoms with Crippen LogP contribution in [0.2, 0.25) is 0 Å². The number of carbonyl (C=O) groups excluding carboxylic acids is 2. The molecule has 1 aliphatic rings. The maximum atomic E-state index is 13.2. The summed E-state index contributed by atoms with van der Waals surface area (Å²) in [4.78, 5) is 24.9. The molecule has 4 rings (SSSR count). The molecule has 1 N–H and O–H groups in total. The van der Waals surface area contributed by atoms with Crippen molar-refractivity contribution in [3.05, 3.63) is 94.6 Å². The molecule has 7 heteroatoms. The van der Waals surface area contributed by atoms with Gasteiger partial charge in [-0.1, -0.05) is 24.3 Å². The number of rotatable bonds is 8. The highest BCUT2D eigenvalue weighted by Crippen LogP contribution is 2.46. The lowest BCUT2D eigenvalue weighted by molar-refractivity contribution is -0.185. The fraction of sp³-hybridized carbons (Fsp3) is 0.185. The number of ether oxygens (including phenoxy) is 4. The highest BCUT2D eigenvalue weighted by Gasteiger charge is 2.48. The van der Waals surface area contributed by atoms with Gasteiger partial charge in [-0.3, -0.25) is 4.79 Å². The van der Waals surface area contributed by atoms with Crippen LogP contribution in [0.4, 0.5) is 0 Å². The van der Waals surface area contributed by atoms with Gasteiger partial charge in [0.2, 0.25) is 0 Å². The van der Waals surface area contributed by atoms with E-state index in [-0.39, 0.29) is 12.0 Å². The molecule has 0 aromatic heterocycles. The van der Waals surface area contributed by atoms with Crippen molar-refractivity contribution < 1.29 is 33.6 Å². The van der Waals surface area contributed by atoms with E-state index in [2.05, 4.69) is 0 Å². The third-order valence-electron chi connectivity index (χ3n) is 5.83. The fourth-order valence-corrected chi connectivity index (χ4v) is 4.04. The Bertz CT molecular complexity index is 1240. The molecule has 1 aliphatic heterocycles. The number of benzene rings is 3. The van der Waals surface area contributed by atoms with Crippen LogP contribution in [0.5, 0.6) is 17.2 Å². The van der Waals surface area contributed by atoms with Gasteiger partial charge in [0.1, 0.15) is 23.5 Å². The molecule has 0 amide bonds. The van der Waals surface area contributed by atoms with Gasteiger partial charge in [-0.2, -0.15) is 0 Å². The Kier molecular flexibility index (Phi) is 6.38. The Hall–Kier alpha value is -4.10. The number of carbonyl (C=O) groups is 2. The summed E-state index contributed by atoms with van der Waals surface area (Å²) in [6.45, 7) is 0. The van der Waals surface area contributed by atoms with Crippen molar-refractivity contribution in [1.29, 1.82) is 0 Å². The van der Waals surface area contributed by atoms with E-state index < -0.39 is 11.8 Å². The molecule has 0 saturated carbocycles. The molecule has 174 valence electrons. The van der Waals surface area contributed by atoms with E-state index >= 15 is 0 Å². The summed E-state index contributed by atoms with van der Waals surface area (Å²) < 4.78 is 21.6. The predicted molar refractivity (Wildman–Crippen MR) is 125 cm³/mol. The first kappa shape index (κ1) is 23.1. The van der Waals surface area contributed by atoms with Crippen molar-refractivity contribution in [3.63, 3.8) is 0 Å². The lowest BCUT2D eigenvalue weighted by Crippen LogP contribution is -2.29. The molecule has 3 aromatic rings. The molecular formula is C27H24O7. The Morgan fingerprint density at radius 3 is 2.09 bits per heavy atom. The van der Waals surface area contributed by atoms with Crippen LogP contribution in [-0.4, -0.2) is 38.7 Å². The molecule has 34 heavy (non-hydrogen) atoms. The van der Waals surface area contributed by atoms with Crippen LogP contribution in [-0.2, 0) is 21.7 Å². The number of aldehydes is 1. The summed E-state index contributed by atoms with van der Waals surface area (Å²) >= 11 is 0. The Labute approximate surface area is 197 Å². The van der Waals surface area contributed by atoms with E-state index in [0.29, 0.717) is 45.1 Å². The zero-order valence-electron chi connectivity index (χ0n) is 19.0. The van der Waals surface area contributed by atoms with E-state index in [1.807, 2.05) is 0 Å². The number of aliphatic hydroxyl groups is 1. The second-order valence-electron chi connectivity index (χ2n) is 7.71. The van der Waals surface area contributed by atoms with Gasteiger partial charge in [-0.15, -0.1) is 0 Å². The molecule has 0 saturated heterocycles. The van der Waals surface area contributed by atoms with Crippen molar-refractivity contribution in [2.24, 2.45) is 0 Å². The van der Waals surface area contributed by atoms with Gasteiger partial charge < -0.3 is 24.1 Å². The number of methoxy groups -OCH3 is 3. The Balaban J connectivity index is 1.95. The average Bonchev–Trinajstić information content (AvgIpc) is 3.13. The van der Waals surface area contributed by atoms with Gasteiger partial charge in [-0.05, 0) is 47.5 Å². The minimum absolute atomic E-state index is 0.0953. The summed E-state index contributed by atoms with van der Waals surface area (Å²) in [5.74, 6) is -1.21. The molecule has 3 aromatic carbocycles. The van der Waals surface area contributed by atoms with Crippen LogP contribution in [0.15, 0.2) is 72.3 Å². The van der Waals surface area contributed by atoms with Crippen molar-refractivity contribution in [2.45, 2.75) is 12.2 Å². The molecule has 1 unspecified atom stereocenters. The van der Waals surface area contributed by atoms with E-state index in [1.54, 1.807) is 66.7 Å². The highest BCUT2D eigenvalue weighted by molar-refractivity contribution is 6.20. The first-order valence-corrected chi connectivity index (χ1v) is 10.5. The average molecular weight is 460 g/mol.